The molecule has 1 saturated heterocycles. The van der Waals surface area contributed by atoms with Crippen molar-refractivity contribution in [1.29, 1.82) is 0 Å². The highest BCUT2D eigenvalue weighted by atomic mass is 19.3. The van der Waals surface area contributed by atoms with E-state index < -0.39 is 23.0 Å². The number of hydrogen-bond donors (Lipinski definition) is 2. The van der Waals surface area contributed by atoms with E-state index in [1.54, 1.807) is 0 Å². The van der Waals surface area contributed by atoms with E-state index in [2.05, 4.69) is 15.5 Å². The van der Waals surface area contributed by atoms with Crippen molar-refractivity contribution in [2.75, 3.05) is 13.2 Å². The van der Waals surface area contributed by atoms with Crippen molar-refractivity contribution < 1.29 is 27.9 Å². The molecule has 2 N–H and O–H groups in total. The average Bonchev–Trinajstić information content (AvgIpc) is 3.13. The normalized spacial score (nSPS) is 22.8. The molecule has 2 heterocycles. The third-order valence-corrected chi connectivity index (χ3v) is 5.44. The molecule has 7 nitrogen and oxygen atoms in total. The highest BCUT2D eigenvalue weighted by Gasteiger charge is 2.60. The van der Waals surface area contributed by atoms with E-state index in [9.17, 15) is 18.7 Å². The summed E-state index contributed by atoms with van der Waals surface area (Å²) in [5.74, 6) is -4.85. The fourth-order valence-corrected chi connectivity index (χ4v) is 3.66. The lowest BCUT2D eigenvalue weighted by atomic mass is 9.79. The second kappa shape index (κ2) is 7.19. The summed E-state index contributed by atoms with van der Waals surface area (Å²) in [7, 11) is 0. The molecule has 1 aliphatic carbocycles. The molecule has 2 fully saturated rings. The Labute approximate surface area is 150 Å². The summed E-state index contributed by atoms with van der Waals surface area (Å²) in [6, 6.07) is 0. The molecule has 1 saturated carbocycles. The minimum absolute atomic E-state index is 0.0932. The van der Waals surface area contributed by atoms with E-state index in [0.29, 0.717) is 25.1 Å². The molecule has 0 radical (unpaired) electrons. The minimum Gasteiger partial charge on any atom is -0.383 e. The first-order valence-electron chi connectivity index (χ1n) is 9.17. The summed E-state index contributed by atoms with van der Waals surface area (Å²) >= 11 is 0. The molecule has 0 atom stereocenters. The number of nitrogens with zero attached hydrogens (tertiary/aromatic N) is 2. The summed E-state index contributed by atoms with van der Waals surface area (Å²) in [5, 5.41) is 16.6. The molecular formula is C17H25F2N3O4. The number of carbonyl (C=O) groups excluding carboxylic acids is 1. The van der Waals surface area contributed by atoms with Gasteiger partial charge in [-0.15, -0.1) is 0 Å². The Bertz CT molecular complexity index is 638. The first kappa shape index (κ1) is 19.2. The van der Waals surface area contributed by atoms with Crippen molar-refractivity contribution in [2.45, 2.75) is 75.4 Å². The molecule has 9 heteroatoms. The molecule has 1 aromatic rings. The second-order valence-corrected chi connectivity index (χ2v) is 7.18. The van der Waals surface area contributed by atoms with Crippen LogP contribution in [0.1, 0.15) is 63.6 Å². The molecule has 1 aliphatic heterocycles. The Morgan fingerprint density at radius 2 is 1.88 bits per heavy atom. The van der Waals surface area contributed by atoms with E-state index >= 15 is 0 Å². The molecule has 146 valence electrons. The standard InChI is InChI=1S/C17H25F2N3O4/c1-2-12-20-14(26-22-12)15(8-10-25-11-9-15)21-13(23)17(18,19)16(24)6-4-3-5-7-16/h24H,2-11H2,1H3,(H,21,23). The summed E-state index contributed by atoms with van der Waals surface area (Å²) in [6.45, 7) is 2.40. The predicted molar refractivity (Wildman–Crippen MR) is 86.5 cm³/mol. The number of aliphatic hydroxyl groups is 1. The molecule has 0 aromatic carbocycles. The van der Waals surface area contributed by atoms with E-state index in [-0.39, 0.29) is 44.8 Å². The van der Waals surface area contributed by atoms with Crippen LogP contribution in [-0.2, 0) is 21.5 Å². The predicted octanol–water partition coefficient (Wildman–Crippen LogP) is 2.08. The molecule has 1 aromatic heterocycles. The van der Waals surface area contributed by atoms with Crippen molar-refractivity contribution in [3.63, 3.8) is 0 Å². The molecule has 0 bridgehead atoms. The fraction of sp³-hybridized carbons (Fsp3) is 0.824. The van der Waals surface area contributed by atoms with E-state index in [1.807, 2.05) is 6.92 Å². The summed E-state index contributed by atoms with van der Waals surface area (Å²) in [5.41, 5.74) is -3.52. The molecule has 3 rings (SSSR count). The van der Waals surface area contributed by atoms with Crippen LogP contribution in [-0.4, -0.2) is 45.9 Å². The Hall–Kier alpha value is -1.61. The van der Waals surface area contributed by atoms with Gasteiger partial charge in [-0.1, -0.05) is 31.3 Å². The monoisotopic (exact) mass is 373 g/mol. The average molecular weight is 373 g/mol. The lowest BCUT2D eigenvalue weighted by molar-refractivity contribution is -0.203. The molecule has 1 amide bonds. The Balaban J connectivity index is 1.85. The molecule has 0 spiro atoms. The lowest BCUT2D eigenvalue weighted by Gasteiger charge is -2.40. The fourth-order valence-electron chi connectivity index (χ4n) is 3.66. The third kappa shape index (κ3) is 3.34. The molecule has 26 heavy (non-hydrogen) atoms. The van der Waals surface area contributed by atoms with Crippen LogP contribution in [0, 0.1) is 0 Å². The van der Waals surface area contributed by atoms with Crippen molar-refractivity contribution in [1.82, 2.24) is 15.5 Å². The number of amides is 1. The molecular weight excluding hydrogens is 348 g/mol. The minimum atomic E-state index is -3.90. The van der Waals surface area contributed by atoms with Crippen LogP contribution in [0.3, 0.4) is 0 Å². The van der Waals surface area contributed by atoms with Gasteiger partial charge in [0.2, 0.25) is 0 Å². The van der Waals surface area contributed by atoms with Gasteiger partial charge in [-0.3, -0.25) is 4.79 Å². The van der Waals surface area contributed by atoms with Crippen molar-refractivity contribution in [3.05, 3.63) is 11.7 Å². The summed E-state index contributed by atoms with van der Waals surface area (Å²) in [4.78, 5) is 16.8. The number of aryl methyl sites for hydroxylation is 1. The number of rotatable bonds is 5. The van der Waals surface area contributed by atoms with Crippen LogP contribution < -0.4 is 5.32 Å². The van der Waals surface area contributed by atoms with E-state index in [1.165, 1.54) is 0 Å². The number of alkyl halides is 2. The SMILES string of the molecule is CCc1noc(C2(NC(=O)C(F)(F)C3(O)CCCCC3)CCOCC2)n1. The maximum Gasteiger partial charge on any atom is 0.352 e. The zero-order valence-corrected chi connectivity index (χ0v) is 14.9. The van der Waals surface area contributed by atoms with Gasteiger partial charge in [0, 0.05) is 32.5 Å². The number of nitrogens with one attached hydrogen (secondary N) is 1. The van der Waals surface area contributed by atoms with Crippen LogP contribution in [0.15, 0.2) is 4.52 Å². The van der Waals surface area contributed by atoms with Gasteiger partial charge in [-0.05, 0) is 12.8 Å². The first-order valence-corrected chi connectivity index (χ1v) is 9.17. The quantitative estimate of drug-likeness (QED) is 0.820. The van der Waals surface area contributed by atoms with Crippen LogP contribution in [0.25, 0.3) is 0 Å². The van der Waals surface area contributed by atoms with Crippen LogP contribution >= 0.6 is 0 Å². The lowest BCUT2D eigenvalue weighted by Crippen LogP contribution is -2.62. The summed E-state index contributed by atoms with van der Waals surface area (Å²) < 4.78 is 40.2. The van der Waals surface area contributed by atoms with Gasteiger partial charge in [-0.2, -0.15) is 13.8 Å². The van der Waals surface area contributed by atoms with Gasteiger partial charge in [0.05, 0.1) is 0 Å². The van der Waals surface area contributed by atoms with Crippen molar-refractivity contribution in [3.8, 4) is 0 Å². The second-order valence-electron chi connectivity index (χ2n) is 7.18. The van der Waals surface area contributed by atoms with Crippen molar-refractivity contribution >= 4 is 5.91 Å². The van der Waals surface area contributed by atoms with Crippen LogP contribution in [0.4, 0.5) is 8.78 Å². The number of aromatic nitrogens is 2. The van der Waals surface area contributed by atoms with E-state index in [4.69, 9.17) is 9.26 Å². The van der Waals surface area contributed by atoms with Gasteiger partial charge in [0.25, 0.3) is 11.8 Å². The highest BCUT2D eigenvalue weighted by molar-refractivity contribution is 5.85. The molecule has 0 unspecified atom stereocenters. The van der Waals surface area contributed by atoms with Crippen LogP contribution in [0.5, 0.6) is 0 Å². The Morgan fingerprint density at radius 3 is 2.46 bits per heavy atom. The first-order chi connectivity index (χ1) is 12.3. The van der Waals surface area contributed by atoms with Gasteiger partial charge >= 0.3 is 5.92 Å². The smallest absolute Gasteiger partial charge is 0.352 e. The molecule has 2 aliphatic rings. The van der Waals surface area contributed by atoms with Gasteiger partial charge in [0.15, 0.2) is 5.82 Å². The Kier molecular flexibility index (Phi) is 5.30. The maximum absolute atomic E-state index is 14.8. The van der Waals surface area contributed by atoms with E-state index in [0.717, 1.165) is 6.42 Å². The van der Waals surface area contributed by atoms with Gasteiger partial charge < -0.3 is 19.7 Å². The number of carbonyl (C=O) groups is 1. The highest BCUT2D eigenvalue weighted by Crippen LogP contribution is 2.42. The third-order valence-electron chi connectivity index (χ3n) is 5.44. The zero-order chi connectivity index (χ0) is 18.8. The van der Waals surface area contributed by atoms with Gasteiger partial charge in [-0.25, -0.2) is 0 Å². The van der Waals surface area contributed by atoms with Crippen LogP contribution in [0.2, 0.25) is 0 Å². The van der Waals surface area contributed by atoms with Crippen molar-refractivity contribution in [2.24, 2.45) is 0 Å². The number of halogens is 2. The summed E-state index contributed by atoms with van der Waals surface area (Å²) in [6.07, 6.45) is 2.57. The zero-order valence-electron chi connectivity index (χ0n) is 14.9. The van der Waals surface area contributed by atoms with Gasteiger partial charge in [0.1, 0.15) is 11.1 Å². The number of hydrogen-bond acceptors (Lipinski definition) is 6. The topological polar surface area (TPSA) is 97.5 Å². The largest absolute Gasteiger partial charge is 0.383 e. The Morgan fingerprint density at radius 1 is 1.23 bits per heavy atom. The maximum atomic E-state index is 14.8. The number of ether oxygens (including phenoxy) is 1.